The van der Waals surface area contributed by atoms with Crippen molar-refractivity contribution in [2.75, 3.05) is 6.61 Å². The van der Waals surface area contributed by atoms with Gasteiger partial charge in [-0.05, 0) is 12.1 Å². The molecular weight excluding hydrogens is 287 g/mol. The maximum Gasteiger partial charge on any atom is 0.338 e. The molecule has 1 saturated heterocycles. The summed E-state index contributed by atoms with van der Waals surface area (Å²) in [5.74, 6) is -1.14. The van der Waals surface area contributed by atoms with E-state index < -0.39 is 29.7 Å². The van der Waals surface area contributed by atoms with Crippen LogP contribution in [-0.4, -0.2) is 36.3 Å². The number of esters is 2. The molecule has 1 aliphatic rings. The van der Waals surface area contributed by atoms with E-state index in [9.17, 15) is 14.0 Å². The van der Waals surface area contributed by atoms with Crippen LogP contribution in [-0.2, 0) is 18.5 Å². The minimum Gasteiger partial charge on any atom is -0.459 e. The van der Waals surface area contributed by atoms with Gasteiger partial charge >= 0.3 is 11.9 Å². The van der Waals surface area contributed by atoms with Crippen molar-refractivity contribution >= 4 is 24.0 Å². The van der Waals surface area contributed by atoms with Crippen molar-refractivity contribution in [1.29, 1.82) is 0 Å². The molecule has 1 heterocycles. The van der Waals surface area contributed by atoms with Gasteiger partial charge in [0.1, 0.15) is 12.7 Å². The standard InChI is InChI=1S/C13H13FO5S/c1-8(15)18-13-11(14)10(19-20-13)7-17-12(16)9-5-3-2-4-6-9/h2-6,10-11,13H,7H2,1H3/t10-,11+,13+/m1/s1. The highest BCUT2D eigenvalue weighted by molar-refractivity contribution is 7.95. The van der Waals surface area contributed by atoms with Crippen molar-refractivity contribution in [2.45, 2.75) is 24.6 Å². The van der Waals surface area contributed by atoms with E-state index in [0.29, 0.717) is 5.56 Å². The fourth-order valence-corrected chi connectivity index (χ4v) is 2.46. The maximum absolute atomic E-state index is 13.9. The molecule has 108 valence electrons. The van der Waals surface area contributed by atoms with E-state index in [0.717, 1.165) is 12.0 Å². The molecule has 1 aromatic carbocycles. The van der Waals surface area contributed by atoms with Crippen LogP contribution in [0.2, 0.25) is 0 Å². The highest BCUT2D eigenvalue weighted by Crippen LogP contribution is 2.33. The summed E-state index contributed by atoms with van der Waals surface area (Å²) < 4.78 is 28.6. The molecule has 0 saturated carbocycles. The number of benzene rings is 1. The number of hydrogen-bond donors (Lipinski definition) is 0. The Kier molecular flexibility index (Phi) is 4.97. The van der Waals surface area contributed by atoms with Crippen LogP contribution < -0.4 is 0 Å². The first-order chi connectivity index (χ1) is 9.58. The number of hydrogen-bond acceptors (Lipinski definition) is 6. The molecule has 0 radical (unpaired) electrons. The van der Waals surface area contributed by atoms with E-state index in [-0.39, 0.29) is 6.61 Å². The SMILES string of the molecule is CC(=O)O[C@H]1SO[C@H](COC(=O)c2ccccc2)[C@@H]1F. The van der Waals surface area contributed by atoms with Gasteiger partial charge in [-0.15, -0.1) is 0 Å². The number of halogens is 1. The van der Waals surface area contributed by atoms with Crippen molar-refractivity contribution in [3.05, 3.63) is 35.9 Å². The maximum atomic E-state index is 13.9. The smallest absolute Gasteiger partial charge is 0.338 e. The van der Waals surface area contributed by atoms with Crippen LogP contribution in [0.1, 0.15) is 17.3 Å². The predicted octanol–water partition coefficient (Wildman–Crippen LogP) is 2.12. The van der Waals surface area contributed by atoms with Gasteiger partial charge in [-0.25, -0.2) is 9.18 Å². The minimum atomic E-state index is -1.53. The lowest BCUT2D eigenvalue weighted by Gasteiger charge is -2.13. The molecular formula is C13H13FO5S. The number of carbonyl (C=O) groups excluding carboxylic acids is 2. The number of carbonyl (C=O) groups is 2. The first-order valence-corrected chi connectivity index (χ1v) is 6.74. The summed E-state index contributed by atoms with van der Waals surface area (Å²) in [5, 5.41) is 0. The number of rotatable bonds is 4. The van der Waals surface area contributed by atoms with E-state index in [1.807, 2.05) is 0 Å². The molecule has 0 unspecified atom stereocenters. The summed E-state index contributed by atoms with van der Waals surface area (Å²) in [6.07, 6.45) is -2.48. The Morgan fingerprint density at radius 1 is 1.35 bits per heavy atom. The Morgan fingerprint density at radius 2 is 2.05 bits per heavy atom. The summed E-state index contributed by atoms with van der Waals surface area (Å²) in [6.45, 7) is 0.954. The second-order valence-electron chi connectivity index (χ2n) is 4.12. The lowest BCUT2D eigenvalue weighted by Crippen LogP contribution is -2.32. The number of ether oxygens (including phenoxy) is 2. The third-order valence-corrected chi connectivity index (χ3v) is 3.46. The highest BCUT2D eigenvalue weighted by Gasteiger charge is 2.42. The molecule has 5 nitrogen and oxygen atoms in total. The van der Waals surface area contributed by atoms with E-state index in [2.05, 4.69) is 0 Å². The second-order valence-corrected chi connectivity index (χ2v) is 4.97. The Hall–Kier alpha value is -1.60. The molecule has 1 aliphatic heterocycles. The van der Waals surface area contributed by atoms with Crippen LogP contribution in [0.4, 0.5) is 4.39 Å². The summed E-state index contributed by atoms with van der Waals surface area (Å²) in [7, 11) is 0. The normalized spacial score (nSPS) is 25.2. The molecule has 1 aromatic rings. The van der Waals surface area contributed by atoms with Crippen LogP contribution >= 0.6 is 12.0 Å². The molecule has 3 atom stereocenters. The lowest BCUT2D eigenvalue weighted by atomic mass is 10.2. The second kappa shape index (κ2) is 6.71. The molecule has 0 N–H and O–H groups in total. The zero-order valence-electron chi connectivity index (χ0n) is 10.7. The van der Waals surface area contributed by atoms with Crippen molar-refractivity contribution in [3.63, 3.8) is 0 Å². The molecule has 0 spiro atoms. The fourth-order valence-electron chi connectivity index (χ4n) is 1.59. The van der Waals surface area contributed by atoms with Gasteiger partial charge in [0.05, 0.1) is 5.56 Å². The summed E-state index contributed by atoms with van der Waals surface area (Å²) in [6, 6.07) is 8.37. The summed E-state index contributed by atoms with van der Waals surface area (Å²) in [4.78, 5) is 22.4. The van der Waals surface area contributed by atoms with Gasteiger partial charge in [-0.3, -0.25) is 4.79 Å². The van der Waals surface area contributed by atoms with Crippen molar-refractivity contribution in [1.82, 2.24) is 0 Å². The zero-order valence-corrected chi connectivity index (χ0v) is 11.5. The summed E-state index contributed by atoms with van der Waals surface area (Å²) in [5.41, 5.74) is -0.641. The predicted molar refractivity (Wildman–Crippen MR) is 69.6 cm³/mol. The monoisotopic (exact) mass is 300 g/mol. The van der Waals surface area contributed by atoms with Gasteiger partial charge < -0.3 is 13.7 Å². The van der Waals surface area contributed by atoms with Crippen LogP contribution in [0.15, 0.2) is 30.3 Å². The quantitative estimate of drug-likeness (QED) is 0.627. The van der Waals surface area contributed by atoms with Gasteiger partial charge in [0.25, 0.3) is 0 Å². The summed E-state index contributed by atoms with van der Waals surface area (Å²) >= 11 is 0.725. The first kappa shape index (κ1) is 14.8. The zero-order chi connectivity index (χ0) is 14.5. The molecule has 0 bridgehead atoms. The first-order valence-electron chi connectivity index (χ1n) is 5.93. The van der Waals surface area contributed by atoms with Gasteiger partial charge in [-0.2, -0.15) is 0 Å². The molecule has 20 heavy (non-hydrogen) atoms. The molecule has 7 heteroatoms. The van der Waals surface area contributed by atoms with E-state index in [1.165, 1.54) is 6.92 Å². The van der Waals surface area contributed by atoms with Crippen LogP contribution in [0.3, 0.4) is 0 Å². The molecule has 0 aliphatic carbocycles. The van der Waals surface area contributed by atoms with E-state index >= 15 is 0 Å². The van der Waals surface area contributed by atoms with Crippen molar-refractivity contribution in [2.24, 2.45) is 0 Å². The van der Waals surface area contributed by atoms with Crippen LogP contribution in [0.5, 0.6) is 0 Å². The molecule has 2 rings (SSSR count). The van der Waals surface area contributed by atoms with Gasteiger partial charge in [0.2, 0.25) is 5.44 Å². The molecule has 0 aromatic heterocycles. The Bertz CT molecular complexity index is 481. The van der Waals surface area contributed by atoms with Crippen molar-refractivity contribution in [3.8, 4) is 0 Å². The van der Waals surface area contributed by atoms with E-state index in [1.54, 1.807) is 30.3 Å². The van der Waals surface area contributed by atoms with Gasteiger partial charge in [-0.1, -0.05) is 18.2 Å². The van der Waals surface area contributed by atoms with Crippen LogP contribution in [0.25, 0.3) is 0 Å². The Balaban J connectivity index is 1.83. The van der Waals surface area contributed by atoms with Crippen LogP contribution in [0, 0.1) is 0 Å². The highest BCUT2D eigenvalue weighted by atomic mass is 32.2. The molecule has 1 fully saturated rings. The van der Waals surface area contributed by atoms with Crippen molar-refractivity contribution < 1.29 is 27.6 Å². The minimum absolute atomic E-state index is 0.236. The van der Waals surface area contributed by atoms with Gasteiger partial charge in [0, 0.05) is 19.0 Å². The average Bonchev–Trinajstić information content (AvgIpc) is 2.77. The lowest BCUT2D eigenvalue weighted by molar-refractivity contribution is -0.144. The van der Waals surface area contributed by atoms with Gasteiger partial charge in [0.15, 0.2) is 6.17 Å². The Morgan fingerprint density at radius 3 is 2.70 bits per heavy atom. The third kappa shape index (κ3) is 3.71. The van der Waals surface area contributed by atoms with E-state index in [4.69, 9.17) is 13.7 Å². The average molecular weight is 300 g/mol. The Labute approximate surface area is 119 Å². The molecule has 0 amide bonds. The third-order valence-electron chi connectivity index (χ3n) is 2.56. The fraction of sp³-hybridized carbons (Fsp3) is 0.385. The number of alkyl halides is 1. The topological polar surface area (TPSA) is 61.8 Å². The largest absolute Gasteiger partial charge is 0.459 e.